The predicted octanol–water partition coefficient (Wildman–Crippen LogP) is 1.68. The van der Waals surface area contributed by atoms with Gasteiger partial charge >= 0.3 is 0 Å². The highest BCUT2D eigenvalue weighted by Gasteiger charge is 2.40. The molecule has 4 rings (SSSR count). The maximum Gasteiger partial charge on any atom is 0.255 e. The van der Waals surface area contributed by atoms with Gasteiger partial charge in [0.05, 0.1) is 6.54 Å². The lowest BCUT2D eigenvalue weighted by Crippen LogP contribution is -2.52. The van der Waals surface area contributed by atoms with Crippen LogP contribution in [0.5, 0.6) is 5.75 Å². The molecule has 0 bridgehead atoms. The van der Waals surface area contributed by atoms with Crippen molar-refractivity contribution >= 4 is 17.7 Å². The molecule has 0 aromatic heterocycles. The van der Waals surface area contributed by atoms with Crippen molar-refractivity contribution in [3.63, 3.8) is 0 Å². The van der Waals surface area contributed by atoms with Crippen molar-refractivity contribution in [1.29, 1.82) is 0 Å². The minimum atomic E-state index is -0.630. The van der Waals surface area contributed by atoms with E-state index in [1.165, 1.54) is 5.56 Å². The first-order valence-corrected chi connectivity index (χ1v) is 11.3. The fourth-order valence-corrected chi connectivity index (χ4v) is 4.29. The molecule has 2 aromatic rings. The van der Waals surface area contributed by atoms with Crippen LogP contribution >= 0.6 is 0 Å². The molecule has 3 amide bonds. The Labute approximate surface area is 193 Å². The van der Waals surface area contributed by atoms with Crippen molar-refractivity contribution in [3.8, 4) is 5.75 Å². The van der Waals surface area contributed by atoms with Gasteiger partial charge in [-0.1, -0.05) is 30.3 Å². The van der Waals surface area contributed by atoms with Gasteiger partial charge in [0.25, 0.3) is 5.91 Å². The molecule has 2 heterocycles. The van der Waals surface area contributed by atoms with Gasteiger partial charge in [0.15, 0.2) is 0 Å². The zero-order valence-electron chi connectivity index (χ0n) is 19.1. The van der Waals surface area contributed by atoms with Gasteiger partial charge in [-0.15, -0.1) is 0 Å². The average Bonchev–Trinajstić information content (AvgIpc) is 3.14. The Hall–Kier alpha value is -3.23. The maximum atomic E-state index is 12.9. The lowest BCUT2D eigenvalue weighted by atomic mass is 10.0. The highest BCUT2D eigenvalue weighted by atomic mass is 16.5. The van der Waals surface area contributed by atoms with Gasteiger partial charge in [-0.25, -0.2) is 0 Å². The summed E-state index contributed by atoms with van der Waals surface area (Å²) in [7, 11) is 4.05. The van der Waals surface area contributed by atoms with Gasteiger partial charge < -0.3 is 19.9 Å². The Kier molecular flexibility index (Phi) is 7.05. The van der Waals surface area contributed by atoms with Crippen LogP contribution in [0.4, 0.5) is 0 Å². The Bertz CT molecular complexity index is 1040. The quantitative estimate of drug-likeness (QED) is 0.565. The molecular formula is C25H30N4O4. The van der Waals surface area contributed by atoms with Crippen LogP contribution in [-0.4, -0.2) is 60.7 Å². The Morgan fingerprint density at radius 3 is 2.61 bits per heavy atom. The molecule has 1 saturated heterocycles. The summed E-state index contributed by atoms with van der Waals surface area (Å²) in [5.74, 6) is -0.255. The number of nitrogens with zero attached hydrogens (tertiary/aromatic N) is 2. The molecule has 33 heavy (non-hydrogen) atoms. The van der Waals surface area contributed by atoms with E-state index in [1.54, 1.807) is 17.0 Å². The predicted molar refractivity (Wildman–Crippen MR) is 124 cm³/mol. The van der Waals surface area contributed by atoms with E-state index in [2.05, 4.69) is 46.8 Å². The van der Waals surface area contributed by atoms with Crippen LogP contribution in [0.1, 0.15) is 39.9 Å². The summed E-state index contributed by atoms with van der Waals surface area (Å²) in [6.45, 7) is 3.50. The van der Waals surface area contributed by atoms with E-state index in [9.17, 15) is 14.4 Å². The number of nitrogens with one attached hydrogen (secondary N) is 2. The van der Waals surface area contributed by atoms with Crippen molar-refractivity contribution in [3.05, 3.63) is 64.7 Å². The van der Waals surface area contributed by atoms with E-state index >= 15 is 0 Å². The minimum Gasteiger partial charge on any atom is -0.489 e. The number of hydrogen-bond acceptors (Lipinski definition) is 6. The highest BCUT2D eigenvalue weighted by molar-refractivity contribution is 6.05. The summed E-state index contributed by atoms with van der Waals surface area (Å²) in [5, 5.41) is 5.49. The van der Waals surface area contributed by atoms with E-state index in [0.29, 0.717) is 30.9 Å². The van der Waals surface area contributed by atoms with Crippen molar-refractivity contribution < 1.29 is 19.1 Å². The number of carbonyl (C=O) groups is 3. The van der Waals surface area contributed by atoms with E-state index < -0.39 is 11.9 Å². The van der Waals surface area contributed by atoms with Gasteiger partial charge in [-0.3, -0.25) is 19.7 Å². The molecule has 1 atom stereocenters. The second-order valence-electron chi connectivity index (χ2n) is 8.63. The molecule has 2 aromatic carbocycles. The summed E-state index contributed by atoms with van der Waals surface area (Å²) in [5.41, 5.74) is 3.62. The number of ether oxygens (including phenoxy) is 1. The van der Waals surface area contributed by atoms with Gasteiger partial charge in [0, 0.05) is 37.2 Å². The fourth-order valence-electron chi connectivity index (χ4n) is 4.29. The van der Waals surface area contributed by atoms with Crippen molar-refractivity contribution in [1.82, 2.24) is 20.4 Å². The van der Waals surface area contributed by atoms with E-state index in [4.69, 9.17) is 4.74 Å². The Morgan fingerprint density at radius 2 is 1.88 bits per heavy atom. The van der Waals surface area contributed by atoms with Gasteiger partial charge in [-0.05, 0) is 43.8 Å². The number of imide groups is 1. The number of rotatable bonds is 9. The SMILES string of the molecule is CNCCN(C)Cc1ccc(COc2cccc3c2CN(C2CCC(=O)NC2=O)C3=O)cc1. The summed E-state index contributed by atoms with van der Waals surface area (Å²) in [6.07, 6.45) is 0.582. The number of fused-ring (bicyclic) bond motifs is 1. The number of amides is 3. The smallest absolute Gasteiger partial charge is 0.255 e. The minimum absolute atomic E-state index is 0.198. The number of hydrogen-bond donors (Lipinski definition) is 2. The number of carbonyl (C=O) groups excluding carboxylic acids is 3. The van der Waals surface area contributed by atoms with Crippen LogP contribution in [0.25, 0.3) is 0 Å². The molecule has 0 spiro atoms. The van der Waals surface area contributed by atoms with Crippen LogP contribution in [0.2, 0.25) is 0 Å². The molecule has 2 N–H and O–H groups in total. The van der Waals surface area contributed by atoms with Gasteiger partial charge in [-0.2, -0.15) is 0 Å². The zero-order chi connectivity index (χ0) is 23.4. The van der Waals surface area contributed by atoms with Crippen molar-refractivity contribution in [2.45, 2.75) is 38.6 Å². The third-order valence-electron chi connectivity index (χ3n) is 6.15. The standard InChI is InChI=1S/C25H30N4O4/c1-26-12-13-28(2)14-17-6-8-18(9-7-17)16-33-22-5-3-4-19-20(22)15-29(25(19)32)21-10-11-23(30)27-24(21)31/h3-9,21,26H,10-16H2,1-2H3,(H,27,30,31). The molecule has 8 heteroatoms. The second kappa shape index (κ2) is 10.1. The molecule has 0 radical (unpaired) electrons. The third-order valence-corrected chi connectivity index (χ3v) is 6.15. The summed E-state index contributed by atoms with van der Waals surface area (Å²) in [4.78, 5) is 40.5. The molecule has 0 aliphatic carbocycles. The molecule has 2 aliphatic heterocycles. The van der Waals surface area contributed by atoms with Crippen molar-refractivity contribution in [2.24, 2.45) is 0 Å². The van der Waals surface area contributed by atoms with Gasteiger partial charge in [0.2, 0.25) is 11.8 Å². The normalized spacial score (nSPS) is 18.0. The lowest BCUT2D eigenvalue weighted by Gasteiger charge is -2.29. The number of likely N-dealkylation sites (N-methyl/N-ethyl adjacent to an activating group) is 2. The average molecular weight is 451 g/mol. The third kappa shape index (κ3) is 5.23. The molecule has 0 saturated carbocycles. The van der Waals surface area contributed by atoms with Crippen molar-refractivity contribution in [2.75, 3.05) is 27.2 Å². The molecule has 8 nitrogen and oxygen atoms in total. The summed E-state index contributed by atoms with van der Waals surface area (Å²) < 4.78 is 6.08. The monoisotopic (exact) mass is 450 g/mol. The first-order valence-electron chi connectivity index (χ1n) is 11.3. The second-order valence-corrected chi connectivity index (χ2v) is 8.63. The van der Waals surface area contributed by atoms with Crippen LogP contribution in [0, 0.1) is 0 Å². The lowest BCUT2D eigenvalue weighted by molar-refractivity contribution is -0.136. The maximum absolute atomic E-state index is 12.9. The van der Waals surface area contributed by atoms with Crippen LogP contribution in [0.15, 0.2) is 42.5 Å². The topological polar surface area (TPSA) is 91.0 Å². The number of piperidine rings is 1. The summed E-state index contributed by atoms with van der Waals surface area (Å²) >= 11 is 0. The number of benzene rings is 2. The van der Waals surface area contributed by atoms with Crippen LogP contribution in [0.3, 0.4) is 0 Å². The van der Waals surface area contributed by atoms with E-state index in [0.717, 1.165) is 30.8 Å². The van der Waals surface area contributed by atoms with E-state index in [1.807, 2.05) is 13.1 Å². The molecule has 2 aliphatic rings. The Morgan fingerprint density at radius 1 is 1.12 bits per heavy atom. The van der Waals surface area contributed by atoms with Gasteiger partial charge in [0.1, 0.15) is 18.4 Å². The van der Waals surface area contributed by atoms with E-state index in [-0.39, 0.29) is 18.2 Å². The largest absolute Gasteiger partial charge is 0.489 e. The molecular weight excluding hydrogens is 420 g/mol. The highest BCUT2D eigenvalue weighted by Crippen LogP contribution is 2.33. The zero-order valence-corrected chi connectivity index (χ0v) is 19.1. The molecule has 1 unspecified atom stereocenters. The molecule has 1 fully saturated rings. The fraction of sp³-hybridized carbons (Fsp3) is 0.400. The van der Waals surface area contributed by atoms with Crippen LogP contribution < -0.4 is 15.4 Å². The first-order chi connectivity index (χ1) is 16.0. The summed E-state index contributed by atoms with van der Waals surface area (Å²) in [6, 6.07) is 13.1. The Balaban J connectivity index is 1.39. The molecule has 174 valence electrons. The first kappa shape index (κ1) is 22.9. The van der Waals surface area contributed by atoms with Crippen LogP contribution in [-0.2, 0) is 29.3 Å².